The molecule has 6 heteroatoms. The Kier molecular flexibility index (Phi) is 5.02. The number of aryl methyl sites for hydroxylation is 1. The Morgan fingerprint density at radius 1 is 1.25 bits per heavy atom. The van der Waals surface area contributed by atoms with Gasteiger partial charge in [-0.15, -0.1) is 0 Å². The van der Waals surface area contributed by atoms with Gasteiger partial charge in [-0.2, -0.15) is 0 Å². The van der Waals surface area contributed by atoms with E-state index in [0.717, 1.165) is 25.8 Å². The van der Waals surface area contributed by atoms with E-state index in [-0.39, 0.29) is 11.3 Å². The third kappa shape index (κ3) is 3.47. The van der Waals surface area contributed by atoms with Crippen LogP contribution in [0.15, 0.2) is 30.3 Å². The van der Waals surface area contributed by atoms with Crippen molar-refractivity contribution in [3.05, 3.63) is 41.5 Å². The van der Waals surface area contributed by atoms with E-state index >= 15 is 0 Å². The monoisotopic (exact) mass is 383 g/mol. The predicted molar refractivity (Wildman–Crippen MR) is 106 cm³/mol. The smallest absolute Gasteiger partial charge is 0.248 e. The summed E-state index contributed by atoms with van der Waals surface area (Å²) in [5.74, 6) is -0.948. The van der Waals surface area contributed by atoms with Crippen LogP contribution in [0.1, 0.15) is 36.8 Å². The Balaban J connectivity index is 1.50. The van der Waals surface area contributed by atoms with Crippen LogP contribution in [0.3, 0.4) is 0 Å². The SMILES string of the molecule is Cc1ccccc1C1=CCN(C(=O)[C@@H]2[C@@H](C(=O)NO)CC3(CC3)CN2C)CC1. The van der Waals surface area contributed by atoms with Gasteiger partial charge in [-0.3, -0.25) is 19.7 Å². The molecule has 2 fully saturated rings. The van der Waals surface area contributed by atoms with Crippen LogP contribution in [0.4, 0.5) is 0 Å². The molecule has 1 aliphatic carbocycles. The minimum absolute atomic E-state index is 0.00770. The molecule has 1 saturated heterocycles. The second-order valence-electron chi connectivity index (χ2n) is 8.73. The van der Waals surface area contributed by atoms with Crippen LogP contribution in [0.5, 0.6) is 0 Å². The minimum Gasteiger partial charge on any atom is -0.337 e. The van der Waals surface area contributed by atoms with Gasteiger partial charge in [0, 0.05) is 19.6 Å². The summed E-state index contributed by atoms with van der Waals surface area (Å²) in [6.45, 7) is 4.17. The summed E-state index contributed by atoms with van der Waals surface area (Å²) < 4.78 is 0. The van der Waals surface area contributed by atoms with E-state index in [1.165, 1.54) is 16.7 Å². The van der Waals surface area contributed by atoms with Gasteiger partial charge in [-0.05, 0) is 61.8 Å². The van der Waals surface area contributed by atoms with Crippen molar-refractivity contribution in [1.82, 2.24) is 15.3 Å². The Morgan fingerprint density at radius 3 is 2.61 bits per heavy atom. The summed E-state index contributed by atoms with van der Waals surface area (Å²) in [5, 5.41) is 9.21. The summed E-state index contributed by atoms with van der Waals surface area (Å²) in [5.41, 5.74) is 5.72. The zero-order valence-electron chi connectivity index (χ0n) is 16.6. The van der Waals surface area contributed by atoms with Gasteiger partial charge >= 0.3 is 0 Å². The fourth-order valence-corrected chi connectivity index (χ4v) is 5.03. The van der Waals surface area contributed by atoms with Crippen LogP contribution in [0.2, 0.25) is 0 Å². The van der Waals surface area contributed by atoms with E-state index < -0.39 is 17.9 Å². The number of nitrogens with zero attached hydrogens (tertiary/aromatic N) is 2. The highest BCUT2D eigenvalue weighted by Crippen LogP contribution is 2.54. The maximum absolute atomic E-state index is 13.3. The second kappa shape index (κ2) is 7.33. The number of nitrogens with one attached hydrogen (secondary N) is 1. The van der Waals surface area contributed by atoms with Crippen molar-refractivity contribution < 1.29 is 14.8 Å². The molecule has 0 bridgehead atoms. The van der Waals surface area contributed by atoms with Crippen LogP contribution < -0.4 is 5.48 Å². The van der Waals surface area contributed by atoms with Crippen molar-refractivity contribution in [2.24, 2.45) is 11.3 Å². The fourth-order valence-electron chi connectivity index (χ4n) is 5.03. The molecule has 150 valence electrons. The molecule has 2 aliphatic heterocycles. The average Bonchev–Trinajstić information content (AvgIpc) is 3.45. The highest BCUT2D eigenvalue weighted by molar-refractivity contribution is 5.90. The molecule has 0 radical (unpaired) electrons. The maximum Gasteiger partial charge on any atom is 0.248 e. The number of likely N-dealkylation sites (tertiary alicyclic amines) is 1. The molecule has 2 atom stereocenters. The number of carbonyl (C=O) groups excluding carboxylic acids is 2. The third-order valence-electron chi connectivity index (χ3n) is 6.76. The van der Waals surface area contributed by atoms with Crippen LogP contribution in [-0.2, 0) is 9.59 Å². The van der Waals surface area contributed by atoms with Crippen LogP contribution in [0, 0.1) is 18.3 Å². The number of hydroxylamine groups is 1. The van der Waals surface area contributed by atoms with Gasteiger partial charge < -0.3 is 4.90 Å². The van der Waals surface area contributed by atoms with Gasteiger partial charge in [0.1, 0.15) is 6.04 Å². The Labute approximate surface area is 166 Å². The molecule has 1 aromatic rings. The molecule has 0 unspecified atom stereocenters. The fraction of sp³-hybridized carbons (Fsp3) is 0.545. The maximum atomic E-state index is 13.3. The van der Waals surface area contributed by atoms with Crippen molar-refractivity contribution in [3.8, 4) is 0 Å². The van der Waals surface area contributed by atoms with Crippen molar-refractivity contribution >= 4 is 17.4 Å². The number of amides is 2. The first kappa shape index (κ1) is 19.2. The van der Waals surface area contributed by atoms with E-state index in [1.807, 2.05) is 29.0 Å². The number of benzene rings is 1. The van der Waals surface area contributed by atoms with E-state index in [1.54, 1.807) is 5.48 Å². The zero-order chi connectivity index (χ0) is 19.9. The summed E-state index contributed by atoms with van der Waals surface area (Å²) in [4.78, 5) is 29.5. The van der Waals surface area contributed by atoms with Crippen molar-refractivity contribution in [1.29, 1.82) is 0 Å². The topological polar surface area (TPSA) is 72.9 Å². The lowest BCUT2D eigenvalue weighted by atomic mass is 9.80. The van der Waals surface area contributed by atoms with Crippen LogP contribution >= 0.6 is 0 Å². The first-order chi connectivity index (χ1) is 13.4. The molecular formula is C22H29N3O3. The Hall–Kier alpha value is -2.18. The summed E-state index contributed by atoms with van der Waals surface area (Å²) in [7, 11) is 1.93. The highest BCUT2D eigenvalue weighted by atomic mass is 16.5. The average molecular weight is 383 g/mol. The number of likely N-dealkylation sites (N-methyl/N-ethyl adjacent to an activating group) is 1. The van der Waals surface area contributed by atoms with E-state index in [2.05, 4.69) is 25.1 Å². The number of hydrogen-bond acceptors (Lipinski definition) is 4. The number of hydrogen-bond donors (Lipinski definition) is 2. The molecule has 3 aliphatic rings. The number of rotatable bonds is 3. The molecule has 1 spiro atoms. The molecular weight excluding hydrogens is 354 g/mol. The van der Waals surface area contributed by atoms with Crippen molar-refractivity contribution in [2.75, 3.05) is 26.7 Å². The molecule has 4 rings (SSSR count). The molecule has 1 saturated carbocycles. The molecule has 2 amide bonds. The minimum atomic E-state index is -0.508. The molecule has 0 aromatic heterocycles. The molecule has 6 nitrogen and oxygen atoms in total. The van der Waals surface area contributed by atoms with Crippen LogP contribution in [0.25, 0.3) is 5.57 Å². The van der Waals surface area contributed by atoms with Gasteiger partial charge in [-0.1, -0.05) is 30.3 Å². The summed E-state index contributed by atoms with van der Waals surface area (Å²) >= 11 is 0. The number of carbonyl (C=O) groups is 2. The van der Waals surface area contributed by atoms with E-state index in [9.17, 15) is 14.8 Å². The molecule has 2 heterocycles. The highest BCUT2D eigenvalue weighted by Gasteiger charge is 2.55. The van der Waals surface area contributed by atoms with Gasteiger partial charge in [0.05, 0.1) is 5.92 Å². The lowest BCUT2D eigenvalue weighted by molar-refractivity contribution is -0.150. The first-order valence-electron chi connectivity index (χ1n) is 10.1. The van der Waals surface area contributed by atoms with E-state index in [4.69, 9.17) is 0 Å². The molecule has 2 N–H and O–H groups in total. The third-order valence-corrected chi connectivity index (χ3v) is 6.76. The van der Waals surface area contributed by atoms with Gasteiger partial charge in [0.2, 0.25) is 11.8 Å². The summed E-state index contributed by atoms with van der Waals surface area (Å²) in [6, 6.07) is 7.81. The zero-order valence-corrected chi connectivity index (χ0v) is 16.6. The Morgan fingerprint density at radius 2 is 2.00 bits per heavy atom. The standard InChI is InChI=1S/C22H29N3O3/c1-15-5-3-4-6-17(15)16-7-11-25(12-8-16)21(27)19-18(20(26)23-28)13-22(9-10-22)14-24(19)2/h3-7,18-19,28H,8-14H2,1-2H3,(H,23,26)/t18-,19-/m0/s1. The molecule has 1 aromatic carbocycles. The normalized spacial score (nSPS) is 26.7. The second-order valence-corrected chi connectivity index (χ2v) is 8.73. The number of piperidine rings is 1. The Bertz CT molecular complexity index is 815. The summed E-state index contributed by atoms with van der Waals surface area (Å²) in [6.07, 6.45) is 5.82. The van der Waals surface area contributed by atoms with Gasteiger partial charge in [-0.25, -0.2) is 5.48 Å². The quantitative estimate of drug-likeness (QED) is 0.620. The first-order valence-corrected chi connectivity index (χ1v) is 10.1. The van der Waals surface area contributed by atoms with E-state index in [0.29, 0.717) is 19.5 Å². The van der Waals surface area contributed by atoms with Gasteiger partial charge in [0.25, 0.3) is 0 Å². The van der Waals surface area contributed by atoms with Crippen LogP contribution in [-0.4, -0.2) is 59.5 Å². The van der Waals surface area contributed by atoms with Gasteiger partial charge in [0.15, 0.2) is 0 Å². The van der Waals surface area contributed by atoms with Crippen molar-refractivity contribution in [3.63, 3.8) is 0 Å². The lowest BCUT2D eigenvalue weighted by Gasteiger charge is -2.43. The largest absolute Gasteiger partial charge is 0.337 e. The van der Waals surface area contributed by atoms with Crippen molar-refractivity contribution in [2.45, 2.75) is 38.6 Å². The molecule has 28 heavy (non-hydrogen) atoms. The predicted octanol–water partition coefficient (Wildman–Crippen LogP) is 2.22. The lowest BCUT2D eigenvalue weighted by Crippen LogP contribution is -2.59.